The molecule has 0 aliphatic carbocycles. The van der Waals surface area contributed by atoms with E-state index in [0.717, 1.165) is 30.8 Å². The highest BCUT2D eigenvalue weighted by Gasteiger charge is 2.26. The zero-order valence-corrected chi connectivity index (χ0v) is 12.2. The molecule has 2 nitrogen and oxygen atoms in total. The van der Waals surface area contributed by atoms with Gasteiger partial charge in [-0.15, -0.1) is 0 Å². The fourth-order valence-electron chi connectivity index (χ4n) is 2.73. The minimum Gasteiger partial charge on any atom is -0.313 e. The Balaban J connectivity index is 1.96. The first-order chi connectivity index (χ1) is 9.11. The van der Waals surface area contributed by atoms with Crippen LogP contribution in [0.25, 0.3) is 0 Å². The molecule has 2 atom stereocenters. The lowest BCUT2D eigenvalue weighted by atomic mass is 10.1. The molecule has 3 heteroatoms. The third-order valence-corrected chi connectivity index (χ3v) is 4.13. The molecule has 0 aromatic heterocycles. The van der Waals surface area contributed by atoms with Crippen LogP contribution in [0.2, 0.25) is 0 Å². The van der Waals surface area contributed by atoms with Crippen molar-refractivity contribution >= 4 is 0 Å². The SMILES string of the molecule is CCCNC1CCN(C(C)c2ccc(C)c(F)c2)C1. The lowest BCUT2D eigenvalue weighted by molar-refractivity contribution is 0.255. The van der Waals surface area contributed by atoms with E-state index in [1.807, 2.05) is 13.0 Å². The van der Waals surface area contributed by atoms with Crippen molar-refractivity contribution in [1.29, 1.82) is 0 Å². The zero-order valence-electron chi connectivity index (χ0n) is 12.2. The number of rotatable bonds is 5. The van der Waals surface area contributed by atoms with E-state index in [4.69, 9.17) is 0 Å². The summed E-state index contributed by atoms with van der Waals surface area (Å²) in [7, 11) is 0. The van der Waals surface area contributed by atoms with Crippen molar-refractivity contribution in [2.45, 2.75) is 45.7 Å². The molecule has 19 heavy (non-hydrogen) atoms. The Hall–Kier alpha value is -0.930. The molecule has 1 heterocycles. The summed E-state index contributed by atoms with van der Waals surface area (Å²) in [5, 5.41) is 3.57. The highest BCUT2D eigenvalue weighted by molar-refractivity contribution is 5.25. The Labute approximate surface area is 116 Å². The van der Waals surface area contributed by atoms with Crippen LogP contribution >= 0.6 is 0 Å². The van der Waals surface area contributed by atoms with Gasteiger partial charge in [0.25, 0.3) is 0 Å². The highest BCUT2D eigenvalue weighted by atomic mass is 19.1. The third kappa shape index (κ3) is 3.54. The summed E-state index contributed by atoms with van der Waals surface area (Å²) in [6, 6.07) is 6.51. The van der Waals surface area contributed by atoms with Crippen LogP contribution in [0.5, 0.6) is 0 Å². The van der Waals surface area contributed by atoms with Gasteiger partial charge in [0.2, 0.25) is 0 Å². The number of likely N-dealkylation sites (tertiary alicyclic amines) is 1. The van der Waals surface area contributed by atoms with Crippen molar-refractivity contribution in [3.63, 3.8) is 0 Å². The minimum atomic E-state index is -0.0933. The van der Waals surface area contributed by atoms with Gasteiger partial charge in [-0.05, 0) is 50.4 Å². The molecule has 106 valence electrons. The maximum absolute atomic E-state index is 13.6. The highest BCUT2D eigenvalue weighted by Crippen LogP contribution is 2.25. The Morgan fingerprint density at radius 1 is 1.47 bits per heavy atom. The van der Waals surface area contributed by atoms with Gasteiger partial charge in [-0.2, -0.15) is 0 Å². The summed E-state index contributed by atoms with van der Waals surface area (Å²) < 4.78 is 13.6. The van der Waals surface area contributed by atoms with Crippen molar-refractivity contribution in [3.05, 3.63) is 35.1 Å². The van der Waals surface area contributed by atoms with Crippen molar-refractivity contribution in [3.8, 4) is 0 Å². The van der Waals surface area contributed by atoms with Crippen molar-refractivity contribution in [1.82, 2.24) is 10.2 Å². The normalized spacial score (nSPS) is 21.8. The van der Waals surface area contributed by atoms with Gasteiger partial charge in [-0.3, -0.25) is 4.90 Å². The van der Waals surface area contributed by atoms with Crippen LogP contribution in [0.1, 0.15) is 43.9 Å². The van der Waals surface area contributed by atoms with Gasteiger partial charge in [0.05, 0.1) is 0 Å². The van der Waals surface area contributed by atoms with E-state index >= 15 is 0 Å². The van der Waals surface area contributed by atoms with Gasteiger partial charge in [-0.25, -0.2) is 4.39 Å². The number of halogens is 1. The molecule has 1 aromatic rings. The molecule has 1 aromatic carbocycles. The summed E-state index contributed by atoms with van der Waals surface area (Å²) in [5.74, 6) is -0.0933. The van der Waals surface area contributed by atoms with Gasteiger partial charge in [0.1, 0.15) is 5.82 Å². The van der Waals surface area contributed by atoms with Gasteiger partial charge in [0, 0.05) is 25.2 Å². The molecular formula is C16H25FN2. The second kappa shape index (κ2) is 6.49. The van der Waals surface area contributed by atoms with Crippen LogP contribution < -0.4 is 5.32 Å². The smallest absolute Gasteiger partial charge is 0.126 e. The number of nitrogens with zero attached hydrogens (tertiary/aromatic N) is 1. The molecule has 1 saturated heterocycles. The first-order valence-corrected chi connectivity index (χ1v) is 7.35. The summed E-state index contributed by atoms with van der Waals surface area (Å²) in [6.07, 6.45) is 2.37. The predicted octanol–water partition coefficient (Wildman–Crippen LogP) is 3.27. The van der Waals surface area contributed by atoms with Crippen molar-refractivity contribution in [2.24, 2.45) is 0 Å². The van der Waals surface area contributed by atoms with E-state index in [9.17, 15) is 4.39 Å². The van der Waals surface area contributed by atoms with E-state index in [0.29, 0.717) is 12.1 Å². The second-order valence-corrected chi connectivity index (χ2v) is 5.62. The molecule has 0 radical (unpaired) electrons. The Morgan fingerprint density at radius 3 is 2.95 bits per heavy atom. The molecule has 0 saturated carbocycles. The van der Waals surface area contributed by atoms with Crippen molar-refractivity contribution in [2.75, 3.05) is 19.6 Å². The first kappa shape index (κ1) is 14.5. The molecule has 1 aliphatic rings. The lowest BCUT2D eigenvalue weighted by Gasteiger charge is -2.25. The number of hydrogen-bond acceptors (Lipinski definition) is 2. The Kier molecular flexibility index (Phi) is 4.94. The number of benzene rings is 1. The maximum Gasteiger partial charge on any atom is 0.126 e. The molecule has 0 bridgehead atoms. The average molecular weight is 264 g/mol. The summed E-state index contributed by atoms with van der Waals surface area (Å²) in [5.41, 5.74) is 1.80. The summed E-state index contributed by atoms with van der Waals surface area (Å²) >= 11 is 0. The largest absolute Gasteiger partial charge is 0.313 e. The van der Waals surface area contributed by atoms with Gasteiger partial charge < -0.3 is 5.32 Å². The quantitative estimate of drug-likeness (QED) is 0.878. The van der Waals surface area contributed by atoms with E-state index in [1.54, 1.807) is 6.07 Å². The minimum absolute atomic E-state index is 0.0933. The third-order valence-electron chi connectivity index (χ3n) is 4.13. The predicted molar refractivity (Wildman–Crippen MR) is 77.8 cm³/mol. The number of aryl methyl sites for hydroxylation is 1. The van der Waals surface area contributed by atoms with Gasteiger partial charge in [-0.1, -0.05) is 19.1 Å². The van der Waals surface area contributed by atoms with E-state index in [1.165, 1.54) is 12.8 Å². The van der Waals surface area contributed by atoms with Crippen LogP contribution in [-0.2, 0) is 0 Å². The standard InChI is InChI=1S/C16H25FN2/c1-4-8-18-15-7-9-19(11-15)13(3)14-6-5-12(2)16(17)10-14/h5-6,10,13,15,18H,4,7-9,11H2,1-3H3. The molecule has 2 rings (SSSR count). The Morgan fingerprint density at radius 2 is 2.26 bits per heavy atom. The van der Waals surface area contributed by atoms with Gasteiger partial charge >= 0.3 is 0 Å². The van der Waals surface area contributed by atoms with E-state index < -0.39 is 0 Å². The summed E-state index contributed by atoms with van der Waals surface area (Å²) in [4.78, 5) is 2.44. The van der Waals surface area contributed by atoms with E-state index in [-0.39, 0.29) is 5.82 Å². The van der Waals surface area contributed by atoms with Gasteiger partial charge in [0.15, 0.2) is 0 Å². The first-order valence-electron chi connectivity index (χ1n) is 7.35. The average Bonchev–Trinajstić information content (AvgIpc) is 2.87. The molecule has 0 spiro atoms. The lowest BCUT2D eigenvalue weighted by Crippen LogP contribution is -2.33. The van der Waals surface area contributed by atoms with Crippen molar-refractivity contribution < 1.29 is 4.39 Å². The van der Waals surface area contributed by atoms with Crippen LogP contribution in [-0.4, -0.2) is 30.6 Å². The van der Waals surface area contributed by atoms with E-state index in [2.05, 4.69) is 30.1 Å². The molecule has 2 unspecified atom stereocenters. The molecule has 0 amide bonds. The number of nitrogens with one attached hydrogen (secondary N) is 1. The molecular weight excluding hydrogens is 239 g/mol. The Bertz CT molecular complexity index is 419. The molecule has 1 fully saturated rings. The maximum atomic E-state index is 13.6. The van der Waals surface area contributed by atoms with Crippen LogP contribution in [0.3, 0.4) is 0 Å². The van der Waals surface area contributed by atoms with Crippen LogP contribution in [0, 0.1) is 12.7 Å². The molecule has 1 aliphatic heterocycles. The second-order valence-electron chi connectivity index (χ2n) is 5.62. The fourth-order valence-corrected chi connectivity index (χ4v) is 2.73. The van der Waals surface area contributed by atoms with Crippen LogP contribution in [0.4, 0.5) is 4.39 Å². The van der Waals surface area contributed by atoms with Crippen LogP contribution in [0.15, 0.2) is 18.2 Å². The number of hydrogen-bond donors (Lipinski definition) is 1. The monoisotopic (exact) mass is 264 g/mol. The zero-order chi connectivity index (χ0) is 13.8. The molecule has 1 N–H and O–H groups in total. The topological polar surface area (TPSA) is 15.3 Å². The fraction of sp³-hybridized carbons (Fsp3) is 0.625. The summed E-state index contributed by atoms with van der Waals surface area (Å²) in [6.45, 7) is 9.43.